The molecule has 2 aromatic carbocycles. The van der Waals surface area contributed by atoms with Crippen LogP contribution in [0.4, 0.5) is 11.5 Å². The average Bonchev–Trinajstić information content (AvgIpc) is 3.36. The molecule has 0 bridgehead atoms. The van der Waals surface area contributed by atoms with Crippen molar-refractivity contribution in [2.24, 2.45) is 5.92 Å². The third-order valence-corrected chi connectivity index (χ3v) is 9.89. The van der Waals surface area contributed by atoms with Gasteiger partial charge in [-0.2, -0.15) is 0 Å². The van der Waals surface area contributed by atoms with Crippen LogP contribution in [0.5, 0.6) is 5.75 Å². The number of imidazole rings is 1. The summed E-state index contributed by atoms with van der Waals surface area (Å²) >= 11 is 0. The number of aromatic amines is 1. The maximum absolute atomic E-state index is 13.2. The highest BCUT2D eigenvalue weighted by Crippen LogP contribution is 2.32. The predicted molar refractivity (Wildman–Crippen MR) is 169 cm³/mol. The molecule has 0 radical (unpaired) electrons. The van der Waals surface area contributed by atoms with E-state index in [1.807, 2.05) is 0 Å². The van der Waals surface area contributed by atoms with Crippen LogP contribution in [0.15, 0.2) is 76.7 Å². The van der Waals surface area contributed by atoms with Gasteiger partial charge in [-0.15, -0.1) is 0 Å². The van der Waals surface area contributed by atoms with Gasteiger partial charge < -0.3 is 25.9 Å². The zero-order chi connectivity index (χ0) is 30.7. The summed E-state index contributed by atoms with van der Waals surface area (Å²) in [6, 6.07) is 15.0. The molecule has 44 heavy (non-hydrogen) atoms. The number of hydrogen-bond donors (Lipinski definition) is 5. The van der Waals surface area contributed by atoms with Crippen molar-refractivity contribution in [3.63, 3.8) is 0 Å². The maximum atomic E-state index is 13.2. The number of anilines is 2. The van der Waals surface area contributed by atoms with Crippen LogP contribution in [0.2, 0.25) is 0 Å². The highest BCUT2D eigenvalue weighted by Gasteiger charge is 2.22. The lowest BCUT2D eigenvalue weighted by atomic mass is 9.82. The smallest absolute Gasteiger partial charge is 0.330 e. The summed E-state index contributed by atoms with van der Waals surface area (Å²) in [7, 11) is -3.85. The van der Waals surface area contributed by atoms with Gasteiger partial charge in [0.05, 0.1) is 16.7 Å². The lowest BCUT2D eigenvalue weighted by Crippen LogP contribution is -2.36. The van der Waals surface area contributed by atoms with Crippen LogP contribution in [-0.2, 0) is 22.9 Å². The topological polar surface area (TPSA) is 164 Å². The Labute approximate surface area is 256 Å². The second-order valence-corrected chi connectivity index (χ2v) is 13.4. The van der Waals surface area contributed by atoms with Gasteiger partial charge in [0.1, 0.15) is 17.7 Å². The van der Waals surface area contributed by atoms with Gasteiger partial charge >= 0.3 is 5.69 Å². The van der Waals surface area contributed by atoms with E-state index < -0.39 is 16.1 Å². The molecule has 2 aromatic heterocycles. The number of aromatic nitrogens is 3. The Kier molecular flexibility index (Phi) is 8.74. The molecule has 6 N–H and O–H groups in total. The van der Waals surface area contributed by atoms with E-state index in [1.165, 1.54) is 36.0 Å². The molecular formula is C32H38N6O5S. The first kappa shape index (κ1) is 29.9. The van der Waals surface area contributed by atoms with Crippen LogP contribution in [0.3, 0.4) is 0 Å². The van der Waals surface area contributed by atoms with Gasteiger partial charge in [-0.1, -0.05) is 25.3 Å². The maximum Gasteiger partial charge on any atom is 0.330 e. The Balaban J connectivity index is 1.03. The lowest BCUT2D eigenvalue weighted by Gasteiger charge is -2.27. The lowest BCUT2D eigenvalue weighted by molar-refractivity contribution is 0.146. The Hall–Kier alpha value is -4.13. The van der Waals surface area contributed by atoms with E-state index in [4.69, 9.17) is 10.5 Å². The number of fused-ring (bicyclic) bond motifs is 1. The van der Waals surface area contributed by atoms with Gasteiger partial charge in [0.15, 0.2) is 0 Å². The number of aliphatic hydroxyl groups is 1. The van der Waals surface area contributed by atoms with Crippen molar-refractivity contribution < 1.29 is 18.3 Å². The van der Waals surface area contributed by atoms with Crippen molar-refractivity contribution in [3.05, 3.63) is 94.3 Å². The van der Waals surface area contributed by atoms with E-state index in [2.05, 4.69) is 20.0 Å². The molecular weight excluding hydrogens is 580 g/mol. The summed E-state index contributed by atoms with van der Waals surface area (Å²) in [5.41, 5.74) is 8.93. The molecule has 1 aliphatic heterocycles. The van der Waals surface area contributed by atoms with E-state index in [9.17, 15) is 18.3 Å². The number of nitrogens with zero attached hydrogens (tertiary/aromatic N) is 2. The normalized spacial score (nSPS) is 17.3. The number of ether oxygens (including phenoxy) is 1. The number of nitrogen functional groups attached to an aromatic ring is 1. The number of sulfonamides is 1. The minimum atomic E-state index is -3.85. The number of nitrogens with two attached hydrogens (primary N) is 1. The minimum absolute atomic E-state index is 0.0772. The van der Waals surface area contributed by atoms with Gasteiger partial charge in [0.25, 0.3) is 10.0 Å². The molecule has 11 nitrogen and oxygen atoms in total. The molecule has 232 valence electrons. The second kappa shape index (κ2) is 12.8. The summed E-state index contributed by atoms with van der Waals surface area (Å²) in [5.74, 6) is 1.87. The fourth-order valence-corrected chi connectivity index (χ4v) is 6.72. The van der Waals surface area contributed by atoms with Gasteiger partial charge in [-0.3, -0.25) is 9.29 Å². The van der Waals surface area contributed by atoms with E-state index in [-0.39, 0.29) is 16.7 Å². The number of aryl methyl sites for hydroxylation is 2. The number of H-pyrrole nitrogens is 1. The fraction of sp³-hybridized carbons (Fsp3) is 0.375. The van der Waals surface area contributed by atoms with E-state index >= 15 is 0 Å². The van der Waals surface area contributed by atoms with Crippen molar-refractivity contribution in [2.45, 2.75) is 62.0 Å². The summed E-state index contributed by atoms with van der Waals surface area (Å²) in [5, 5.41) is 13.6. The molecule has 0 amide bonds. The van der Waals surface area contributed by atoms with Crippen molar-refractivity contribution in [1.82, 2.24) is 19.9 Å². The number of benzene rings is 2. The number of nitrogens with one attached hydrogen (secondary N) is 3. The quantitative estimate of drug-likeness (QED) is 0.160. The SMILES string of the molecule is Nc1ccc(C(O)CNCC2CCc3cc(NS(=O)(=O)c4ccc(-n5cc(CCC6CCC6)[nH]c5=O)cc4)ccc3O2)cn1. The predicted octanol–water partition coefficient (Wildman–Crippen LogP) is 3.69. The molecule has 2 aliphatic rings. The molecule has 2 atom stereocenters. The first-order chi connectivity index (χ1) is 21.2. The van der Waals surface area contributed by atoms with E-state index in [0.717, 1.165) is 42.9 Å². The van der Waals surface area contributed by atoms with Crippen LogP contribution < -0.4 is 26.2 Å². The van der Waals surface area contributed by atoms with Gasteiger partial charge in [0, 0.05) is 42.4 Å². The van der Waals surface area contributed by atoms with Crippen LogP contribution >= 0.6 is 0 Å². The Bertz CT molecular complexity index is 1750. The summed E-state index contributed by atoms with van der Waals surface area (Å²) in [4.78, 5) is 19.6. The average molecular weight is 619 g/mol. The summed E-state index contributed by atoms with van der Waals surface area (Å²) < 4.78 is 36.6. The molecule has 2 unspecified atom stereocenters. The molecule has 12 heteroatoms. The van der Waals surface area contributed by atoms with Crippen molar-refractivity contribution in [1.29, 1.82) is 0 Å². The molecule has 1 aliphatic carbocycles. The largest absolute Gasteiger partial charge is 0.489 e. The summed E-state index contributed by atoms with van der Waals surface area (Å²) in [6.07, 6.45) is 9.80. The molecule has 3 heterocycles. The fourth-order valence-electron chi connectivity index (χ4n) is 5.67. The Morgan fingerprint density at radius 2 is 1.93 bits per heavy atom. The highest BCUT2D eigenvalue weighted by atomic mass is 32.2. The van der Waals surface area contributed by atoms with Gasteiger partial charge in [-0.25, -0.2) is 18.2 Å². The van der Waals surface area contributed by atoms with E-state index in [1.54, 1.807) is 54.9 Å². The Morgan fingerprint density at radius 1 is 1.11 bits per heavy atom. The van der Waals surface area contributed by atoms with Crippen LogP contribution in [0.25, 0.3) is 5.69 Å². The standard InChI is InChI=1S/C32H38N6O5S/c33-31-15-6-23(17-35-31)29(39)19-34-18-27-11-5-22-16-24(8-14-30(22)43-27)37-44(41,42)28-12-9-26(10-13-28)38-20-25(36-32(38)40)7-4-21-2-1-3-21/h6,8-10,12-17,20-21,27,29,34,37,39H,1-5,7,11,18-19H2,(H2,33,35)(H,36,40). The van der Waals surface area contributed by atoms with Gasteiger partial charge in [0.2, 0.25) is 0 Å². The number of pyridine rings is 1. The molecule has 0 saturated heterocycles. The van der Waals surface area contributed by atoms with E-state index in [0.29, 0.717) is 41.6 Å². The van der Waals surface area contributed by atoms with Gasteiger partial charge in [-0.05, 0) is 85.7 Å². The molecule has 1 fully saturated rings. The monoisotopic (exact) mass is 618 g/mol. The zero-order valence-electron chi connectivity index (χ0n) is 24.4. The molecule has 6 rings (SSSR count). The van der Waals surface area contributed by atoms with Crippen molar-refractivity contribution in [3.8, 4) is 11.4 Å². The number of rotatable bonds is 12. The van der Waals surface area contributed by atoms with Crippen LogP contribution in [0.1, 0.15) is 55.0 Å². The van der Waals surface area contributed by atoms with Crippen molar-refractivity contribution in [2.75, 3.05) is 23.5 Å². The zero-order valence-corrected chi connectivity index (χ0v) is 25.2. The Morgan fingerprint density at radius 3 is 2.66 bits per heavy atom. The molecule has 1 saturated carbocycles. The third-order valence-electron chi connectivity index (χ3n) is 8.49. The summed E-state index contributed by atoms with van der Waals surface area (Å²) in [6.45, 7) is 0.906. The van der Waals surface area contributed by atoms with Crippen LogP contribution in [0, 0.1) is 5.92 Å². The minimum Gasteiger partial charge on any atom is -0.489 e. The number of aliphatic hydroxyl groups excluding tert-OH is 1. The number of hydrogen-bond acceptors (Lipinski definition) is 8. The molecule has 0 spiro atoms. The third kappa shape index (κ3) is 6.98. The van der Waals surface area contributed by atoms with Crippen LogP contribution in [-0.4, -0.2) is 47.3 Å². The first-order valence-electron chi connectivity index (χ1n) is 15.1. The highest BCUT2D eigenvalue weighted by molar-refractivity contribution is 7.92. The second-order valence-electron chi connectivity index (χ2n) is 11.7. The van der Waals surface area contributed by atoms with Crippen molar-refractivity contribution >= 4 is 21.5 Å². The molecule has 4 aromatic rings. The first-order valence-corrected chi connectivity index (χ1v) is 16.6.